The molecule has 0 fully saturated rings. The molecule has 0 aliphatic rings. The fraction of sp³-hybridized carbons (Fsp3) is 0.214. The monoisotopic (exact) mass is 440 g/mol. The van der Waals surface area contributed by atoms with E-state index in [0.717, 1.165) is 41.8 Å². The molecule has 4 rings (SSSR count). The second kappa shape index (κ2) is 10.3. The van der Waals surface area contributed by atoms with Gasteiger partial charge in [-0.05, 0) is 34.7 Å². The van der Waals surface area contributed by atoms with Crippen LogP contribution < -0.4 is 0 Å². The number of benzene rings is 3. The number of carboxylic acids is 1. The van der Waals surface area contributed by atoms with E-state index in [1.54, 1.807) is 12.1 Å². The predicted molar refractivity (Wildman–Crippen MR) is 129 cm³/mol. The summed E-state index contributed by atoms with van der Waals surface area (Å²) in [6.45, 7) is 2.79. The van der Waals surface area contributed by atoms with Gasteiger partial charge in [-0.3, -0.25) is 0 Å². The highest BCUT2D eigenvalue weighted by molar-refractivity contribution is 5.95. The molecule has 0 aliphatic carbocycles. The summed E-state index contributed by atoms with van der Waals surface area (Å²) in [5.41, 5.74) is 4.43. The SMILES string of the molecule is CCCCc1nc(C(O)c2ccccc2)cn1Cc1ccc(-c2ccccc2C(=O)O)cc1. The van der Waals surface area contributed by atoms with Crippen LogP contribution >= 0.6 is 0 Å². The first-order chi connectivity index (χ1) is 16.1. The fourth-order valence-corrected chi connectivity index (χ4v) is 3.99. The number of hydrogen-bond donors (Lipinski definition) is 2. The van der Waals surface area contributed by atoms with Gasteiger partial charge in [0.15, 0.2) is 0 Å². The molecule has 33 heavy (non-hydrogen) atoms. The average molecular weight is 441 g/mol. The van der Waals surface area contributed by atoms with Gasteiger partial charge in [0.1, 0.15) is 11.9 Å². The van der Waals surface area contributed by atoms with Crippen molar-refractivity contribution in [3.05, 3.63) is 113 Å². The van der Waals surface area contributed by atoms with Crippen LogP contribution in [0.25, 0.3) is 11.1 Å². The van der Waals surface area contributed by atoms with Crippen LogP contribution in [0.3, 0.4) is 0 Å². The molecular weight excluding hydrogens is 412 g/mol. The van der Waals surface area contributed by atoms with Crippen LogP contribution in [0.4, 0.5) is 0 Å². The van der Waals surface area contributed by atoms with Crippen LogP contribution in [0, 0.1) is 0 Å². The lowest BCUT2D eigenvalue weighted by Crippen LogP contribution is -2.04. The van der Waals surface area contributed by atoms with Crippen LogP contribution in [0.15, 0.2) is 85.1 Å². The molecule has 168 valence electrons. The Labute approximate surface area is 194 Å². The first-order valence-corrected chi connectivity index (χ1v) is 11.3. The maximum atomic E-state index is 11.6. The highest BCUT2D eigenvalue weighted by Crippen LogP contribution is 2.26. The first-order valence-electron chi connectivity index (χ1n) is 11.3. The summed E-state index contributed by atoms with van der Waals surface area (Å²) in [5, 5.41) is 20.3. The minimum Gasteiger partial charge on any atom is -0.478 e. The number of unbranched alkanes of at least 4 members (excludes halogenated alkanes) is 1. The number of aliphatic hydroxyl groups excluding tert-OH is 1. The van der Waals surface area contributed by atoms with Gasteiger partial charge in [0, 0.05) is 19.2 Å². The Morgan fingerprint density at radius 1 is 0.970 bits per heavy atom. The topological polar surface area (TPSA) is 75.4 Å². The van der Waals surface area contributed by atoms with E-state index in [9.17, 15) is 15.0 Å². The number of nitrogens with zero attached hydrogens (tertiary/aromatic N) is 2. The van der Waals surface area contributed by atoms with Gasteiger partial charge >= 0.3 is 5.97 Å². The number of aliphatic hydroxyl groups is 1. The third-order valence-corrected chi connectivity index (χ3v) is 5.80. The van der Waals surface area contributed by atoms with E-state index in [-0.39, 0.29) is 0 Å². The molecule has 1 unspecified atom stereocenters. The number of aryl methyl sites for hydroxylation is 1. The lowest BCUT2D eigenvalue weighted by Gasteiger charge is -2.10. The van der Waals surface area contributed by atoms with Crippen molar-refractivity contribution in [1.82, 2.24) is 9.55 Å². The molecule has 3 aromatic carbocycles. The molecule has 0 bridgehead atoms. The van der Waals surface area contributed by atoms with Crippen molar-refractivity contribution in [2.45, 2.75) is 38.8 Å². The summed E-state index contributed by atoms with van der Waals surface area (Å²) in [7, 11) is 0. The molecule has 0 saturated heterocycles. The lowest BCUT2D eigenvalue weighted by atomic mass is 9.99. The molecule has 1 atom stereocenters. The molecule has 4 aromatic rings. The minimum absolute atomic E-state index is 0.293. The van der Waals surface area contributed by atoms with Gasteiger partial charge in [-0.2, -0.15) is 0 Å². The molecule has 0 aliphatic heterocycles. The highest BCUT2D eigenvalue weighted by atomic mass is 16.4. The first kappa shape index (κ1) is 22.5. The van der Waals surface area contributed by atoms with E-state index in [4.69, 9.17) is 4.98 Å². The Kier molecular flexibility index (Phi) is 7.01. The Morgan fingerprint density at radius 3 is 2.36 bits per heavy atom. The van der Waals surface area contributed by atoms with Crippen molar-refractivity contribution in [3.63, 3.8) is 0 Å². The van der Waals surface area contributed by atoms with Crippen molar-refractivity contribution < 1.29 is 15.0 Å². The quantitative estimate of drug-likeness (QED) is 0.349. The molecule has 0 radical (unpaired) electrons. The van der Waals surface area contributed by atoms with Crippen molar-refractivity contribution in [2.75, 3.05) is 0 Å². The maximum Gasteiger partial charge on any atom is 0.336 e. The van der Waals surface area contributed by atoms with Gasteiger partial charge in [-0.15, -0.1) is 0 Å². The number of imidazole rings is 1. The van der Waals surface area contributed by atoms with Crippen molar-refractivity contribution in [3.8, 4) is 11.1 Å². The normalized spacial score (nSPS) is 11.9. The highest BCUT2D eigenvalue weighted by Gasteiger charge is 2.17. The Hall–Kier alpha value is -3.70. The second-order valence-corrected chi connectivity index (χ2v) is 8.17. The zero-order chi connectivity index (χ0) is 23.2. The summed E-state index contributed by atoms with van der Waals surface area (Å²) in [6.07, 6.45) is 4.13. The average Bonchev–Trinajstić information content (AvgIpc) is 3.25. The number of rotatable bonds is 9. The number of carbonyl (C=O) groups is 1. The van der Waals surface area contributed by atoms with Gasteiger partial charge in [0.05, 0.1) is 11.3 Å². The van der Waals surface area contributed by atoms with Crippen molar-refractivity contribution >= 4 is 5.97 Å². The fourth-order valence-electron chi connectivity index (χ4n) is 3.99. The van der Waals surface area contributed by atoms with Crippen LogP contribution in [-0.4, -0.2) is 25.7 Å². The lowest BCUT2D eigenvalue weighted by molar-refractivity contribution is 0.0697. The third-order valence-electron chi connectivity index (χ3n) is 5.80. The summed E-state index contributed by atoms with van der Waals surface area (Å²) >= 11 is 0. The standard InChI is InChI=1S/C28H28N2O3/c1-2-3-13-26-29-25(27(31)22-9-5-4-6-10-22)19-30(26)18-20-14-16-21(17-15-20)23-11-7-8-12-24(23)28(32)33/h4-12,14-17,19,27,31H,2-3,13,18H2,1H3,(H,32,33). The van der Waals surface area contributed by atoms with Gasteiger partial charge in [0.25, 0.3) is 0 Å². The van der Waals surface area contributed by atoms with Crippen LogP contribution in [0.2, 0.25) is 0 Å². The molecule has 0 spiro atoms. The number of hydrogen-bond acceptors (Lipinski definition) is 3. The van der Waals surface area contributed by atoms with Crippen LogP contribution in [0.1, 0.15) is 58.9 Å². The van der Waals surface area contributed by atoms with Gasteiger partial charge in [-0.1, -0.05) is 86.1 Å². The molecule has 5 heteroatoms. The van der Waals surface area contributed by atoms with Crippen LogP contribution in [0.5, 0.6) is 0 Å². The van der Waals surface area contributed by atoms with Crippen LogP contribution in [-0.2, 0) is 13.0 Å². The maximum absolute atomic E-state index is 11.6. The second-order valence-electron chi connectivity index (χ2n) is 8.17. The molecule has 0 saturated carbocycles. The molecule has 0 amide bonds. The Morgan fingerprint density at radius 2 is 1.67 bits per heavy atom. The van der Waals surface area contributed by atoms with E-state index >= 15 is 0 Å². The molecular formula is C28H28N2O3. The van der Waals surface area contributed by atoms with E-state index < -0.39 is 12.1 Å². The number of aromatic nitrogens is 2. The Balaban J connectivity index is 1.59. The molecule has 2 N–H and O–H groups in total. The number of carboxylic acid groups (broad SMARTS) is 1. The van der Waals surface area contributed by atoms with E-state index in [1.165, 1.54) is 0 Å². The summed E-state index contributed by atoms with van der Waals surface area (Å²) in [5.74, 6) is 0.0280. The third kappa shape index (κ3) is 5.21. The van der Waals surface area contributed by atoms with Gasteiger partial charge in [0.2, 0.25) is 0 Å². The number of aromatic carboxylic acids is 1. The zero-order valence-corrected chi connectivity index (χ0v) is 18.7. The van der Waals surface area contributed by atoms with E-state index in [1.807, 2.05) is 72.9 Å². The summed E-state index contributed by atoms with van der Waals surface area (Å²) in [4.78, 5) is 16.3. The summed E-state index contributed by atoms with van der Waals surface area (Å²) in [6, 6.07) is 24.6. The van der Waals surface area contributed by atoms with E-state index in [0.29, 0.717) is 23.4 Å². The predicted octanol–water partition coefficient (Wildman–Crippen LogP) is 5.72. The zero-order valence-electron chi connectivity index (χ0n) is 18.7. The largest absolute Gasteiger partial charge is 0.478 e. The van der Waals surface area contributed by atoms with Crippen molar-refractivity contribution in [2.24, 2.45) is 0 Å². The van der Waals surface area contributed by atoms with E-state index in [2.05, 4.69) is 11.5 Å². The minimum atomic E-state index is -0.932. The molecule has 1 aromatic heterocycles. The van der Waals surface area contributed by atoms with Gasteiger partial charge in [-0.25, -0.2) is 9.78 Å². The molecule has 1 heterocycles. The summed E-state index contributed by atoms with van der Waals surface area (Å²) < 4.78 is 2.11. The van der Waals surface area contributed by atoms with Crippen molar-refractivity contribution in [1.29, 1.82) is 0 Å². The Bertz CT molecular complexity index is 1210. The smallest absolute Gasteiger partial charge is 0.336 e. The van der Waals surface area contributed by atoms with Gasteiger partial charge < -0.3 is 14.8 Å². The molecule has 5 nitrogen and oxygen atoms in total.